The van der Waals surface area contributed by atoms with Gasteiger partial charge in [0.05, 0.1) is 5.69 Å². The molecule has 1 aromatic carbocycles. The number of aromatic amines is 1. The van der Waals surface area contributed by atoms with Gasteiger partial charge in [-0.2, -0.15) is 0 Å². The summed E-state index contributed by atoms with van der Waals surface area (Å²) in [5.41, 5.74) is -0.0152. The Hall–Kier alpha value is -1.82. The summed E-state index contributed by atoms with van der Waals surface area (Å²) in [4.78, 5) is 13.9. The Morgan fingerprint density at radius 2 is 2.00 bits per heavy atom. The number of benzene rings is 1. The fourth-order valence-corrected chi connectivity index (χ4v) is 1.71. The molecule has 0 bridgehead atoms. The van der Waals surface area contributed by atoms with E-state index >= 15 is 0 Å². The number of rotatable bonds is 1. The first-order chi connectivity index (χ1) is 7.99. The second kappa shape index (κ2) is 4.21. The van der Waals surface area contributed by atoms with Crippen LogP contribution in [0.25, 0.3) is 11.3 Å². The van der Waals surface area contributed by atoms with E-state index in [4.69, 9.17) is 12.2 Å². The smallest absolute Gasteiger partial charge is 0.298 e. The summed E-state index contributed by atoms with van der Waals surface area (Å²) in [6.45, 7) is 0. The summed E-state index contributed by atoms with van der Waals surface area (Å²) in [6.07, 6.45) is 0. The maximum atomic E-state index is 13.6. The largest absolute Gasteiger partial charge is 0.326 e. The van der Waals surface area contributed by atoms with Crippen molar-refractivity contribution in [2.75, 3.05) is 0 Å². The first-order valence-corrected chi connectivity index (χ1v) is 5.15. The lowest BCUT2D eigenvalue weighted by Crippen LogP contribution is -2.21. The van der Waals surface area contributed by atoms with Gasteiger partial charge in [-0.15, -0.1) is 0 Å². The number of H-pyrrole nitrogens is 1. The molecule has 0 saturated carbocycles. The number of hydrogen-bond acceptors (Lipinski definition) is 2. The number of nitrogens with one attached hydrogen (secondary N) is 1. The van der Waals surface area contributed by atoms with Crippen LogP contribution in [0, 0.1) is 16.3 Å². The number of nitrogens with zero attached hydrogens (tertiary/aromatic N) is 1. The molecule has 0 radical (unpaired) electrons. The van der Waals surface area contributed by atoms with E-state index in [2.05, 4.69) is 4.98 Å². The van der Waals surface area contributed by atoms with Crippen LogP contribution in [-0.4, -0.2) is 9.55 Å². The Labute approximate surface area is 100 Å². The third-order valence-corrected chi connectivity index (χ3v) is 2.59. The Morgan fingerprint density at radius 1 is 1.29 bits per heavy atom. The third-order valence-electron chi connectivity index (χ3n) is 2.37. The van der Waals surface area contributed by atoms with Gasteiger partial charge < -0.3 is 0 Å². The van der Waals surface area contributed by atoms with Crippen molar-refractivity contribution in [3.05, 3.63) is 51.0 Å². The van der Waals surface area contributed by atoms with Gasteiger partial charge in [0.1, 0.15) is 16.3 Å². The topological polar surface area (TPSA) is 37.8 Å². The molecule has 6 heteroatoms. The normalized spacial score (nSPS) is 10.5. The molecule has 0 spiro atoms. The molecule has 2 aromatic rings. The van der Waals surface area contributed by atoms with Gasteiger partial charge in [0.2, 0.25) is 0 Å². The quantitative estimate of drug-likeness (QED) is 0.793. The van der Waals surface area contributed by atoms with E-state index in [1.807, 2.05) is 0 Å². The molecule has 0 fully saturated rings. The van der Waals surface area contributed by atoms with Gasteiger partial charge >= 0.3 is 5.69 Å². The maximum absolute atomic E-state index is 13.6. The molecule has 3 nitrogen and oxygen atoms in total. The minimum absolute atomic E-state index is 0.131. The van der Waals surface area contributed by atoms with Gasteiger partial charge in [-0.25, -0.2) is 13.6 Å². The van der Waals surface area contributed by atoms with Crippen molar-refractivity contribution >= 4 is 12.2 Å². The van der Waals surface area contributed by atoms with Crippen LogP contribution in [0.1, 0.15) is 0 Å². The van der Waals surface area contributed by atoms with Crippen LogP contribution >= 0.6 is 12.2 Å². The van der Waals surface area contributed by atoms with Crippen LogP contribution in [-0.2, 0) is 7.05 Å². The van der Waals surface area contributed by atoms with Crippen molar-refractivity contribution in [2.45, 2.75) is 0 Å². The molecular weight excluding hydrogens is 246 g/mol. The molecule has 1 N–H and O–H groups in total. The Morgan fingerprint density at radius 3 is 2.65 bits per heavy atom. The summed E-state index contributed by atoms with van der Waals surface area (Å²) in [7, 11) is 1.48. The highest BCUT2D eigenvalue weighted by atomic mass is 32.1. The molecule has 1 aromatic heterocycles. The first-order valence-electron chi connectivity index (χ1n) is 4.75. The second-order valence-electron chi connectivity index (χ2n) is 3.51. The lowest BCUT2D eigenvalue weighted by molar-refractivity contribution is 0.584. The van der Waals surface area contributed by atoms with Crippen LogP contribution in [0.3, 0.4) is 0 Å². The molecule has 0 atom stereocenters. The van der Waals surface area contributed by atoms with E-state index in [9.17, 15) is 13.6 Å². The summed E-state index contributed by atoms with van der Waals surface area (Å²) < 4.78 is 27.8. The molecule has 0 saturated heterocycles. The maximum Gasteiger partial charge on any atom is 0.326 e. The lowest BCUT2D eigenvalue weighted by Gasteiger charge is -2.08. The summed E-state index contributed by atoms with van der Waals surface area (Å²) in [5, 5.41) is 0. The van der Waals surface area contributed by atoms with Crippen molar-refractivity contribution in [1.82, 2.24) is 9.55 Å². The van der Waals surface area contributed by atoms with Gasteiger partial charge in [-0.1, -0.05) is 12.2 Å². The van der Waals surface area contributed by atoms with Crippen molar-refractivity contribution in [3.63, 3.8) is 0 Å². The Kier molecular flexibility index (Phi) is 2.89. The zero-order valence-corrected chi connectivity index (χ0v) is 9.65. The van der Waals surface area contributed by atoms with E-state index in [1.54, 1.807) is 0 Å². The highest BCUT2D eigenvalue weighted by molar-refractivity contribution is 7.71. The second-order valence-corrected chi connectivity index (χ2v) is 3.95. The van der Waals surface area contributed by atoms with Gasteiger partial charge in [0.25, 0.3) is 0 Å². The summed E-state index contributed by atoms with van der Waals surface area (Å²) >= 11 is 4.85. The molecule has 0 amide bonds. The lowest BCUT2D eigenvalue weighted by atomic mass is 10.1. The van der Waals surface area contributed by atoms with Crippen molar-refractivity contribution in [1.29, 1.82) is 0 Å². The van der Waals surface area contributed by atoms with Crippen LogP contribution in [0.2, 0.25) is 0 Å². The average molecular weight is 254 g/mol. The minimum Gasteiger partial charge on any atom is -0.298 e. The van der Waals surface area contributed by atoms with E-state index in [-0.39, 0.29) is 10.2 Å². The van der Waals surface area contributed by atoms with Crippen molar-refractivity contribution < 1.29 is 8.78 Å². The highest BCUT2D eigenvalue weighted by Crippen LogP contribution is 2.21. The van der Waals surface area contributed by atoms with Crippen molar-refractivity contribution in [3.8, 4) is 11.3 Å². The predicted octanol–water partition coefficient (Wildman–Crippen LogP) is 2.39. The molecule has 88 valence electrons. The molecular formula is C11H8F2N2OS. The SMILES string of the molecule is Cn1c(-c2ccc(F)cc2F)cc(=S)[nH]c1=O. The van der Waals surface area contributed by atoms with Crippen LogP contribution in [0.5, 0.6) is 0 Å². The van der Waals surface area contributed by atoms with Crippen LogP contribution < -0.4 is 5.69 Å². The summed E-state index contributed by atoms with van der Waals surface area (Å²) in [5.74, 6) is -1.40. The van der Waals surface area contributed by atoms with Gasteiger partial charge in [0.15, 0.2) is 0 Å². The molecule has 17 heavy (non-hydrogen) atoms. The fourth-order valence-electron chi connectivity index (χ4n) is 1.51. The van der Waals surface area contributed by atoms with Crippen LogP contribution in [0.4, 0.5) is 8.78 Å². The number of halogens is 2. The van der Waals surface area contributed by atoms with E-state index in [0.717, 1.165) is 12.1 Å². The number of aromatic nitrogens is 2. The van der Waals surface area contributed by atoms with E-state index in [0.29, 0.717) is 5.69 Å². The van der Waals surface area contributed by atoms with E-state index in [1.165, 1.54) is 23.7 Å². The molecule has 2 rings (SSSR count). The number of hydrogen-bond donors (Lipinski definition) is 1. The average Bonchev–Trinajstić information content (AvgIpc) is 2.24. The Balaban J connectivity index is 2.77. The third kappa shape index (κ3) is 2.16. The highest BCUT2D eigenvalue weighted by Gasteiger charge is 2.10. The fraction of sp³-hybridized carbons (Fsp3) is 0.0909. The van der Waals surface area contributed by atoms with Gasteiger partial charge in [0, 0.05) is 18.7 Å². The monoisotopic (exact) mass is 254 g/mol. The molecule has 0 aliphatic carbocycles. The standard InChI is InChI=1S/C11H8F2N2OS/c1-15-9(5-10(17)14-11(15)16)7-3-2-6(12)4-8(7)13/h2-5H,1H3,(H,14,16,17). The predicted molar refractivity (Wildman–Crippen MR) is 62.2 cm³/mol. The van der Waals surface area contributed by atoms with Crippen LogP contribution in [0.15, 0.2) is 29.1 Å². The van der Waals surface area contributed by atoms with E-state index < -0.39 is 17.3 Å². The molecule has 1 heterocycles. The first kappa shape index (κ1) is 11.7. The minimum atomic E-state index is -0.736. The van der Waals surface area contributed by atoms with Crippen molar-refractivity contribution in [2.24, 2.45) is 7.05 Å². The zero-order valence-electron chi connectivity index (χ0n) is 8.83. The molecule has 0 aliphatic heterocycles. The summed E-state index contributed by atoms with van der Waals surface area (Å²) in [6, 6.07) is 4.61. The zero-order chi connectivity index (χ0) is 12.6. The molecule has 0 aliphatic rings. The Bertz CT molecular complexity index is 691. The van der Waals surface area contributed by atoms with Gasteiger partial charge in [-0.3, -0.25) is 9.55 Å². The van der Waals surface area contributed by atoms with Gasteiger partial charge in [-0.05, 0) is 18.2 Å². The molecule has 0 unspecified atom stereocenters.